The van der Waals surface area contributed by atoms with Gasteiger partial charge in [0.25, 0.3) is 0 Å². The van der Waals surface area contributed by atoms with Gasteiger partial charge in [-0.2, -0.15) is 0 Å². The maximum atomic E-state index is 13.1. The van der Waals surface area contributed by atoms with E-state index in [1.54, 1.807) is 0 Å². The average molecular weight is 256 g/mol. The van der Waals surface area contributed by atoms with Gasteiger partial charge >= 0.3 is 0 Å². The zero-order chi connectivity index (χ0) is 12.5. The molecule has 1 aromatic carbocycles. The van der Waals surface area contributed by atoms with Crippen LogP contribution in [0.15, 0.2) is 18.2 Å². The van der Waals surface area contributed by atoms with E-state index in [-0.39, 0.29) is 23.4 Å². The van der Waals surface area contributed by atoms with Crippen LogP contribution < -0.4 is 5.73 Å². The number of carbonyl (C=O) groups excluding carboxylic acids is 1. The highest BCUT2D eigenvalue weighted by Gasteiger charge is 2.42. The monoisotopic (exact) mass is 255 g/mol. The molecular formula is C13H15ClFNO. The zero-order valence-electron chi connectivity index (χ0n) is 9.51. The van der Waals surface area contributed by atoms with E-state index in [1.165, 1.54) is 18.2 Å². The summed E-state index contributed by atoms with van der Waals surface area (Å²) in [5, 5.41) is 0.436. The van der Waals surface area contributed by atoms with Crippen LogP contribution in [0.4, 0.5) is 4.39 Å². The second-order valence-electron chi connectivity index (χ2n) is 4.67. The summed E-state index contributed by atoms with van der Waals surface area (Å²) in [5.41, 5.74) is 5.84. The number of ketones is 1. The van der Waals surface area contributed by atoms with Gasteiger partial charge in [-0.05, 0) is 36.6 Å². The highest BCUT2D eigenvalue weighted by atomic mass is 35.5. The van der Waals surface area contributed by atoms with Crippen molar-refractivity contribution in [2.75, 3.05) is 6.54 Å². The molecular weight excluding hydrogens is 241 g/mol. The van der Waals surface area contributed by atoms with E-state index >= 15 is 0 Å². The fourth-order valence-electron chi connectivity index (χ4n) is 2.24. The lowest BCUT2D eigenvalue weighted by Gasteiger charge is -2.39. The molecule has 2 N–H and O–H groups in total. The molecule has 1 aromatic rings. The number of hydrogen-bond acceptors (Lipinski definition) is 2. The van der Waals surface area contributed by atoms with E-state index < -0.39 is 0 Å². The number of hydrogen-bond donors (Lipinski definition) is 1. The fourth-order valence-corrected chi connectivity index (χ4v) is 2.42. The highest BCUT2D eigenvalue weighted by Crippen LogP contribution is 2.41. The summed E-state index contributed by atoms with van der Waals surface area (Å²) in [7, 11) is 0. The van der Waals surface area contributed by atoms with E-state index in [0.717, 1.165) is 19.3 Å². The lowest BCUT2D eigenvalue weighted by molar-refractivity contribution is -0.132. The summed E-state index contributed by atoms with van der Waals surface area (Å²) in [6.07, 6.45) is 2.90. The largest absolute Gasteiger partial charge is 0.329 e. The molecule has 0 spiro atoms. The van der Waals surface area contributed by atoms with Crippen LogP contribution in [0.2, 0.25) is 5.02 Å². The van der Waals surface area contributed by atoms with Gasteiger partial charge in [0, 0.05) is 23.4 Å². The van der Waals surface area contributed by atoms with Gasteiger partial charge in [0.2, 0.25) is 0 Å². The van der Waals surface area contributed by atoms with Gasteiger partial charge in [-0.15, -0.1) is 0 Å². The summed E-state index contributed by atoms with van der Waals surface area (Å²) in [5.74, 6) is -0.286. The van der Waals surface area contributed by atoms with Crippen molar-refractivity contribution in [3.8, 4) is 0 Å². The van der Waals surface area contributed by atoms with Crippen molar-refractivity contribution in [2.45, 2.75) is 25.7 Å². The van der Waals surface area contributed by atoms with Crippen LogP contribution in [0.1, 0.15) is 24.8 Å². The van der Waals surface area contributed by atoms with Crippen LogP contribution in [0, 0.1) is 11.2 Å². The number of rotatable bonds is 4. The minimum Gasteiger partial charge on any atom is -0.329 e. The molecule has 1 aliphatic carbocycles. The van der Waals surface area contributed by atoms with Gasteiger partial charge in [0.05, 0.1) is 0 Å². The van der Waals surface area contributed by atoms with Gasteiger partial charge in [0.1, 0.15) is 11.6 Å². The molecule has 1 fully saturated rings. The maximum Gasteiger partial charge on any atom is 0.144 e. The molecule has 92 valence electrons. The summed E-state index contributed by atoms with van der Waals surface area (Å²) >= 11 is 5.94. The third-order valence-electron chi connectivity index (χ3n) is 3.65. The molecule has 0 bridgehead atoms. The Balaban J connectivity index is 2.15. The quantitative estimate of drug-likeness (QED) is 0.899. The van der Waals surface area contributed by atoms with Crippen molar-refractivity contribution < 1.29 is 9.18 Å². The van der Waals surface area contributed by atoms with Crippen molar-refractivity contribution in [3.05, 3.63) is 34.6 Å². The van der Waals surface area contributed by atoms with Gasteiger partial charge in [-0.25, -0.2) is 4.39 Å². The van der Waals surface area contributed by atoms with Crippen LogP contribution in [0.3, 0.4) is 0 Å². The molecule has 0 unspecified atom stereocenters. The molecule has 17 heavy (non-hydrogen) atoms. The summed E-state index contributed by atoms with van der Waals surface area (Å²) < 4.78 is 13.1. The number of Topliss-reactive ketones (excluding diaryl/α,β-unsaturated/α-hetero) is 1. The predicted octanol–water partition coefficient (Wildman–Crippen LogP) is 2.72. The Labute approximate surface area is 105 Å². The standard InChI is InChI=1S/C13H15ClFNO/c14-11-3-2-10(15)6-9(11)7-12(17)13(8-16)4-1-5-13/h2-3,6H,1,4-5,7-8,16H2. The van der Waals surface area contributed by atoms with Crippen LogP contribution in [-0.4, -0.2) is 12.3 Å². The predicted molar refractivity (Wildman–Crippen MR) is 65.5 cm³/mol. The van der Waals surface area contributed by atoms with Crippen molar-refractivity contribution >= 4 is 17.4 Å². The number of benzene rings is 1. The number of carbonyl (C=O) groups is 1. The Hall–Kier alpha value is -0.930. The third-order valence-corrected chi connectivity index (χ3v) is 4.02. The Morgan fingerprint density at radius 1 is 1.47 bits per heavy atom. The Kier molecular flexibility index (Phi) is 3.50. The van der Waals surface area contributed by atoms with E-state index in [4.69, 9.17) is 17.3 Å². The third kappa shape index (κ3) is 2.35. The molecule has 4 heteroatoms. The first kappa shape index (κ1) is 12.5. The zero-order valence-corrected chi connectivity index (χ0v) is 10.3. The summed E-state index contributed by atoms with van der Waals surface area (Å²) in [4.78, 5) is 12.2. The molecule has 0 aromatic heterocycles. The topological polar surface area (TPSA) is 43.1 Å². The number of halogens is 2. The van der Waals surface area contributed by atoms with Crippen LogP contribution in [0.25, 0.3) is 0 Å². The molecule has 1 saturated carbocycles. The molecule has 0 saturated heterocycles. The molecule has 0 heterocycles. The minimum absolute atomic E-state index is 0.0822. The van der Waals surface area contributed by atoms with Crippen molar-refractivity contribution in [2.24, 2.45) is 11.1 Å². The van der Waals surface area contributed by atoms with Gasteiger partial charge in [0.15, 0.2) is 0 Å². The lowest BCUT2D eigenvalue weighted by atomic mass is 9.65. The normalized spacial score (nSPS) is 17.6. The second-order valence-corrected chi connectivity index (χ2v) is 5.08. The van der Waals surface area contributed by atoms with Crippen LogP contribution >= 0.6 is 11.6 Å². The van der Waals surface area contributed by atoms with Gasteiger partial charge < -0.3 is 5.73 Å². The minimum atomic E-state index is -0.379. The lowest BCUT2D eigenvalue weighted by Crippen LogP contribution is -2.45. The highest BCUT2D eigenvalue weighted by molar-refractivity contribution is 6.31. The summed E-state index contributed by atoms with van der Waals surface area (Å²) in [6, 6.07) is 4.09. The molecule has 1 aliphatic rings. The average Bonchev–Trinajstić information content (AvgIpc) is 2.23. The van der Waals surface area contributed by atoms with Crippen molar-refractivity contribution in [1.82, 2.24) is 0 Å². The SMILES string of the molecule is NCC1(C(=O)Cc2cc(F)ccc2Cl)CCC1. The molecule has 2 nitrogen and oxygen atoms in total. The Morgan fingerprint density at radius 2 is 2.18 bits per heavy atom. The first-order valence-electron chi connectivity index (χ1n) is 5.75. The van der Waals surface area contributed by atoms with E-state index in [2.05, 4.69) is 0 Å². The summed E-state index contributed by atoms with van der Waals surface area (Å²) in [6.45, 7) is 0.374. The maximum absolute atomic E-state index is 13.1. The molecule has 0 radical (unpaired) electrons. The molecule has 0 amide bonds. The number of nitrogens with two attached hydrogens (primary N) is 1. The van der Waals surface area contributed by atoms with E-state index in [0.29, 0.717) is 17.1 Å². The molecule has 2 rings (SSSR count). The van der Waals surface area contributed by atoms with Gasteiger partial charge in [-0.3, -0.25) is 4.79 Å². The fraction of sp³-hybridized carbons (Fsp3) is 0.462. The second kappa shape index (κ2) is 4.75. The molecule has 0 aliphatic heterocycles. The van der Waals surface area contributed by atoms with Crippen molar-refractivity contribution in [3.63, 3.8) is 0 Å². The van der Waals surface area contributed by atoms with Crippen molar-refractivity contribution in [1.29, 1.82) is 0 Å². The Bertz CT molecular complexity index is 438. The first-order chi connectivity index (χ1) is 8.07. The van der Waals surface area contributed by atoms with Crippen LogP contribution in [0.5, 0.6) is 0 Å². The van der Waals surface area contributed by atoms with Crippen LogP contribution in [-0.2, 0) is 11.2 Å². The van der Waals surface area contributed by atoms with E-state index in [9.17, 15) is 9.18 Å². The van der Waals surface area contributed by atoms with Gasteiger partial charge in [-0.1, -0.05) is 18.0 Å². The Morgan fingerprint density at radius 3 is 2.71 bits per heavy atom. The molecule has 0 atom stereocenters. The first-order valence-corrected chi connectivity index (χ1v) is 6.12. The smallest absolute Gasteiger partial charge is 0.144 e. The van der Waals surface area contributed by atoms with E-state index in [1.807, 2.05) is 0 Å².